The first-order valence-electron chi connectivity index (χ1n) is 17.0. The van der Waals surface area contributed by atoms with E-state index in [9.17, 15) is 0 Å². The van der Waals surface area contributed by atoms with Crippen LogP contribution < -0.4 is 15.1 Å². The van der Waals surface area contributed by atoms with Crippen LogP contribution in [0.15, 0.2) is 138 Å². The quantitative estimate of drug-likeness (QED) is 0.202. The van der Waals surface area contributed by atoms with E-state index in [1.165, 1.54) is 25.9 Å². The molecule has 0 saturated heterocycles. The standard InChI is InChI=1S/C44H27N5OS/c1-2-11-26(12-3-1)42-46-43(33-17-10-16-32-30-15-6-9-20-38(30)50-40(32)33)48-44(47-42)35-24-27(23-34-31-21-22-45-25-39(31)51-41(34)35)49-36-18-7-4-13-28(36)29-14-5-8-19-37(29)49/h1-21,23-25,45H,22H2. The molecular formula is C44H27N5OS. The number of nitrogens with zero attached hydrogens (tertiary/aromatic N) is 4. The fourth-order valence-electron chi connectivity index (χ4n) is 7.60. The van der Waals surface area contributed by atoms with Gasteiger partial charge in [0.1, 0.15) is 11.2 Å². The molecule has 0 radical (unpaired) electrons. The van der Waals surface area contributed by atoms with Crippen molar-refractivity contribution in [2.45, 2.75) is 0 Å². The number of hydrogen-bond acceptors (Lipinski definition) is 6. The van der Waals surface area contributed by atoms with Crippen LogP contribution in [0.2, 0.25) is 0 Å². The fourth-order valence-corrected chi connectivity index (χ4v) is 8.81. The maximum atomic E-state index is 6.49. The number of aromatic nitrogens is 4. The van der Waals surface area contributed by atoms with E-state index in [-0.39, 0.29) is 0 Å². The summed E-state index contributed by atoms with van der Waals surface area (Å²) in [4.78, 5) is 15.6. The lowest BCUT2D eigenvalue weighted by molar-refractivity contribution is 0.669. The van der Waals surface area contributed by atoms with E-state index in [0.717, 1.165) is 66.6 Å². The number of furan rings is 1. The predicted molar refractivity (Wildman–Crippen MR) is 209 cm³/mol. The molecule has 10 aromatic rings. The van der Waals surface area contributed by atoms with Crippen molar-refractivity contribution in [3.8, 4) is 39.9 Å². The molecule has 1 N–H and O–H groups in total. The average Bonchev–Trinajstić information content (AvgIpc) is 3.87. The summed E-state index contributed by atoms with van der Waals surface area (Å²) < 4.78 is 11.2. The molecule has 0 amide bonds. The van der Waals surface area contributed by atoms with Crippen LogP contribution in [0.25, 0.3) is 106 Å². The second kappa shape index (κ2) is 11.0. The van der Waals surface area contributed by atoms with Crippen LogP contribution in [0, 0.1) is 0 Å². The highest BCUT2D eigenvalue weighted by Gasteiger charge is 2.22. The van der Waals surface area contributed by atoms with E-state index in [1.807, 2.05) is 54.6 Å². The molecule has 5 heterocycles. The Hall–Kier alpha value is -6.57. The molecule has 7 heteroatoms. The number of fused-ring (bicyclic) bond motifs is 9. The summed E-state index contributed by atoms with van der Waals surface area (Å²) in [6.07, 6.45) is 4.41. The molecule has 6 aromatic carbocycles. The summed E-state index contributed by atoms with van der Waals surface area (Å²) in [6, 6.07) is 46.3. The summed E-state index contributed by atoms with van der Waals surface area (Å²) >= 11 is 1.77. The van der Waals surface area contributed by atoms with Gasteiger partial charge in [-0.3, -0.25) is 0 Å². The smallest absolute Gasteiger partial charge is 0.167 e. The maximum absolute atomic E-state index is 6.49. The summed E-state index contributed by atoms with van der Waals surface area (Å²) in [5, 5.41) is 10.4. The zero-order valence-electron chi connectivity index (χ0n) is 27.2. The predicted octanol–water partition coefficient (Wildman–Crippen LogP) is 9.21. The van der Waals surface area contributed by atoms with Gasteiger partial charge in [0.2, 0.25) is 0 Å². The molecule has 0 unspecified atom stereocenters. The minimum atomic E-state index is 0.569. The minimum Gasteiger partial charge on any atom is -0.455 e. The van der Waals surface area contributed by atoms with Crippen LogP contribution >= 0.6 is 11.3 Å². The van der Waals surface area contributed by atoms with Gasteiger partial charge in [-0.05, 0) is 41.6 Å². The number of nitrogens with one attached hydrogen (secondary N) is 1. The largest absolute Gasteiger partial charge is 0.455 e. The molecule has 51 heavy (non-hydrogen) atoms. The lowest BCUT2D eigenvalue weighted by Gasteiger charge is -2.13. The Morgan fingerprint density at radius 3 is 2.06 bits per heavy atom. The van der Waals surface area contributed by atoms with Crippen LogP contribution in [0.3, 0.4) is 0 Å². The lowest BCUT2D eigenvalue weighted by atomic mass is 10.1. The van der Waals surface area contributed by atoms with Gasteiger partial charge < -0.3 is 14.3 Å². The molecule has 1 aliphatic heterocycles. The Balaban J connectivity index is 1.24. The van der Waals surface area contributed by atoms with Crippen LogP contribution in [0.4, 0.5) is 0 Å². The van der Waals surface area contributed by atoms with Crippen molar-refractivity contribution in [1.29, 1.82) is 0 Å². The molecule has 0 saturated carbocycles. The summed E-state index contributed by atoms with van der Waals surface area (Å²) in [7, 11) is 0. The summed E-state index contributed by atoms with van der Waals surface area (Å²) in [6.45, 7) is 0.781. The third kappa shape index (κ3) is 4.32. The van der Waals surface area contributed by atoms with E-state index in [2.05, 4.69) is 101 Å². The minimum absolute atomic E-state index is 0.569. The van der Waals surface area contributed by atoms with Crippen molar-refractivity contribution in [3.63, 3.8) is 0 Å². The average molecular weight is 674 g/mol. The number of benzene rings is 6. The van der Waals surface area contributed by atoms with Crippen LogP contribution in [0.5, 0.6) is 0 Å². The molecule has 4 aromatic heterocycles. The zero-order valence-corrected chi connectivity index (χ0v) is 28.0. The van der Waals surface area contributed by atoms with E-state index >= 15 is 0 Å². The molecule has 6 nitrogen and oxygen atoms in total. The Kier molecular flexibility index (Phi) is 6.08. The Morgan fingerprint density at radius 2 is 1.25 bits per heavy atom. The third-order valence-electron chi connectivity index (χ3n) is 9.89. The highest BCUT2D eigenvalue weighted by atomic mass is 32.1. The second-order valence-electron chi connectivity index (χ2n) is 12.8. The van der Waals surface area contributed by atoms with Gasteiger partial charge in [0.25, 0.3) is 0 Å². The zero-order chi connectivity index (χ0) is 33.5. The Morgan fingerprint density at radius 1 is 0.588 bits per heavy atom. The van der Waals surface area contributed by atoms with Crippen molar-refractivity contribution in [3.05, 3.63) is 143 Å². The normalized spacial score (nSPS) is 12.7. The highest BCUT2D eigenvalue weighted by molar-refractivity contribution is 7.17. The van der Waals surface area contributed by atoms with Crippen molar-refractivity contribution < 1.29 is 4.42 Å². The third-order valence-corrected chi connectivity index (χ3v) is 11.1. The molecule has 0 fully saturated rings. The van der Waals surface area contributed by atoms with E-state index in [1.54, 1.807) is 11.3 Å². The first-order chi connectivity index (χ1) is 25.3. The molecular weight excluding hydrogens is 647 g/mol. The maximum Gasteiger partial charge on any atom is 0.167 e. The number of para-hydroxylation sites is 4. The monoisotopic (exact) mass is 673 g/mol. The van der Waals surface area contributed by atoms with Gasteiger partial charge in [-0.25, -0.2) is 15.0 Å². The second-order valence-corrected chi connectivity index (χ2v) is 13.9. The van der Waals surface area contributed by atoms with E-state index in [4.69, 9.17) is 19.4 Å². The van der Waals surface area contributed by atoms with Crippen LogP contribution in [-0.2, 0) is 0 Å². The van der Waals surface area contributed by atoms with E-state index < -0.39 is 0 Å². The number of rotatable bonds is 4. The highest BCUT2D eigenvalue weighted by Crippen LogP contribution is 2.39. The Bertz CT molecular complexity index is 3100. The van der Waals surface area contributed by atoms with Crippen LogP contribution in [-0.4, -0.2) is 26.1 Å². The van der Waals surface area contributed by atoms with Gasteiger partial charge in [0.15, 0.2) is 17.5 Å². The molecule has 0 aliphatic carbocycles. The van der Waals surface area contributed by atoms with Gasteiger partial charge in [0, 0.05) is 61.2 Å². The molecule has 1 aliphatic rings. The Labute approximate surface area is 295 Å². The SMILES string of the molecule is C1=c2sc3c(-c4nc(-c5ccccc5)nc(-c5cccc6c5oc5ccccc56)n4)cc(-n4c5ccccc5c5ccccc54)cc3c2=CCN1. The van der Waals surface area contributed by atoms with Gasteiger partial charge in [-0.1, -0.05) is 103 Å². The van der Waals surface area contributed by atoms with Gasteiger partial charge in [-0.15, -0.1) is 11.3 Å². The topological polar surface area (TPSA) is 68.8 Å². The van der Waals surface area contributed by atoms with Crippen molar-refractivity contribution in [2.75, 3.05) is 6.54 Å². The summed E-state index contributed by atoms with van der Waals surface area (Å²) in [5.74, 6) is 1.80. The lowest BCUT2D eigenvalue weighted by Crippen LogP contribution is -2.28. The molecule has 0 spiro atoms. The number of thiophene rings is 1. The first-order valence-corrected chi connectivity index (χ1v) is 17.8. The van der Waals surface area contributed by atoms with Gasteiger partial charge in [-0.2, -0.15) is 0 Å². The first kappa shape index (κ1) is 28.3. The van der Waals surface area contributed by atoms with Crippen molar-refractivity contribution in [2.24, 2.45) is 0 Å². The van der Waals surface area contributed by atoms with Gasteiger partial charge >= 0.3 is 0 Å². The molecule has 0 atom stereocenters. The van der Waals surface area contributed by atoms with Crippen molar-refractivity contribution >= 4 is 77.4 Å². The van der Waals surface area contributed by atoms with Crippen LogP contribution in [0.1, 0.15) is 0 Å². The van der Waals surface area contributed by atoms with Crippen molar-refractivity contribution in [1.82, 2.24) is 24.8 Å². The molecule has 0 bridgehead atoms. The fraction of sp³-hybridized carbons (Fsp3) is 0.0227. The van der Waals surface area contributed by atoms with Gasteiger partial charge in [0.05, 0.1) is 21.1 Å². The van der Waals surface area contributed by atoms with E-state index in [0.29, 0.717) is 17.5 Å². The molecule has 240 valence electrons. The molecule has 11 rings (SSSR count). The summed E-state index contributed by atoms with van der Waals surface area (Å²) in [5.41, 5.74) is 7.69. The number of hydrogen-bond donors (Lipinski definition) is 1.